The molecule has 1 aliphatic carbocycles. The number of carbonyl (C=O) groups is 1. The lowest BCUT2D eigenvalue weighted by Crippen LogP contribution is -2.31. The van der Waals surface area contributed by atoms with Crippen molar-refractivity contribution >= 4 is 29.1 Å². The molecule has 0 saturated heterocycles. The van der Waals surface area contributed by atoms with E-state index in [9.17, 15) is 4.79 Å². The number of rotatable bonds is 3. The minimum atomic E-state index is -0.0344. The van der Waals surface area contributed by atoms with Crippen LogP contribution in [0, 0.1) is 5.92 Å². The fourth-order valence-corrected chi connectivity index (χ4v) is 2.69. The van der Waals surface area contributed by atoms with Gasteiger partial charge in [-0.3, -0.25) is 4.79 Å². The van der Waals surface area contributed by atoms with E-state index in [1.165, 1.54) is 12.8 Å². The molecule has 0 radical (unpaired) electrons. The Morgan fingerprint density at radius 3 is 2.56 bits per heavy atom. The minimum Gasteiger partial charge on any atom is -0.349 e. The first-order chi connectivity index (χ1) is 8.58. The predicted molar refractivity (Wildman–Crippen MR) is 75.0 cm³/mol. The van der Waals surface area contributed by atoms with Crippen molar-refractivity contribution in [2.75, 3.05) is 0 Å². The Hall–Kier alpha value is -0.730. The number of hydrogen-bond acceptors (Lipinski definition) is 1. The van der Waals surface area contributed by atoms with E-state index >= 15 is 0 Å². The summed E-state index contributed by atoms with van der Waals surface area (Å²) in [6, 6.07) is 5.43. The Kier molecular flexibility index (Phi) is 4.52. The fourth-order valence-electron chi connectivity index (χ4n) is 2.38. The normalized spacial score (nSPS) is 17.7. The summed E-state index contributed by atoms with van der Waals surface area (Å²) >= 11 is 11.9. The van der Waals surface area contributed by atoms with Crippen LogP contribution in [0.1, 0.15) is 44.2 Å². The second kappa shape index (κ2) is 5.94. The largest absolute Gasteiger partial charge is 0.349 e. The lowest BCUT2D eigenvalue weighted by Gasteiger charge is -2.17. The topological polar surface area (TPSA) is 29.1 Å². The van der Waals surface area contributed by atoms with Gasteiger partial charge in [0.05, 0.1) is 16.1 Å². The molecule has 2 nitrogen and oxygen atoms in total. The molecule has 0 unspecified atom stereocenters. The Morgan fingerprint density at radius 2 is 1.94 bits per heavy atom. The Balaban J connectivity index is 2.00. The van der Waals surface area contributed by atoms with Gasteiger partial charge in [-0.05, 0) is 37.5 Å². The molecule has 0 spiro atoms. The summed E-state index contributed by atoms with van der Waals surface area (Å²) in [5, 5.41) is 4.11. The SMILES string of the molecule is C[C@H](NC(=O)C1CCCC1)c1ccc(Cl)c(Cl)c1. The zero-order valence-electron chi connectivity index (χ0n) is 10.4. The van der Waals surface area contributed by atoms with Gasteiger partial charge in [0.1, 0.15) is 0 Å². The monoisotopic (exact) mass is 285 g/mol. The number of amides is 1. The first-order valence-electron chi connectivity index (χ1n) is 6.33. The highest BCUT2D eigenvalue weighted by Crippen LogP contribution is 2.28. The molecule has 1 fully saturated rings. The van der Waals surface area contributed by atoms with E-state index in [0.29, 0.717) is 10.0 Å². The van der Waals surface area contributed by atoms with Crippen LogP contribution in [0.5, 0.6) is 0 Å². The van der Waals surface area contributed by atoms with E-state index in [1.807, 2.05) is 19.1 Å². The molecule has 0 bridgehead atoms. The van der Waals surface area contributed by atoms with Crippen LogP contribution in [-0.4, -0.2) is 5.91 Å². The van der Waals surface area contributed by atoms with Crippen LogP contribution in [0.25, 0.3) is 0 Å². The molecule has 1 N–H and O–H groups in total. The first-order valence-corrected chi connectivity index (χ1v) is 7.09. The number of nitrogens with one attached hydrogen (secondary N) is 1. The Morgan fingerprint density at radius 1 is 1.28 bits per heavy atom. The molecular weight excluding hydrogens is 269 g/mol. The lowest BCUT2D eigenvalue weighted by atomic mass is 10.0. The standard InChI is InChI=1S/C14H17Cl2NO/c1-9(11-6-7-12(15)13(16)8-11)17-14(18)10-4-2-3-5-10/h6-10H,2-5H2,1H3,(H,17,18)/t9-/m0/s1. The highest BCUT2D eigenvalue weighted by atomic mass is 35.5. The number of benzene rings is 1. The van der Waals surface area contributed by atoms with Crippen LogP contribution < -0.4 is 5.32 Å². The summed E-state index contributed by atoms with van der Waals surface area (Å²) in [4.78, 5) is 12.0. The number of hydrogen-bond donors (Lipinski definition) is 1. The van der Waals surface area contributed by atoms with E-state index in [-0.39, 0.29) is 17.9 Å². The van der Waals surface area contributed by atoms with Crippen molar-refractivity contribution in [2.45, 2.75) is 38.6 Å². The molecule has 1 saturated carbocycles. The van der Waals surface area contributed by atoms with Crippen molar-refractivity contribution in [3.63, 3.8) is 0 Å². The fraction of sp³-hybridized carbons (Fsp3) is 0.500. The van der Waals surface area contributed by atoms with Crippen molar-refractivity contribution in [1.29, 1.82) is 0 Å². The highest BCUT2D eigenvalue weighted by molar-refractivity contribution is 6.42. The van der Waals surface area contributed by atoms with Gasteiger partial charge < -0.3 is 5.32 Å². The van der Waals surface area contributed by atoms with E-state index < -0.39 is 0 Å². The van der Waals surface area contributed by atoms with Gasteiger partial charge in [-0.15, -0.1) is 0 Å². The highest BCUT2D eigenvalue weighted by Gasteiger charge is 2.23. The van der Waals surface area contributed by atoms with Gasteiger partial charge >= 0.3 is 0 Å². The molecule has 1 amide bonds. The van der Waals surface area contributed by atoms with E-state index in [1.54, 1.807) is 6.07 Å². The van der Waals surface area contributed by atoms with Crippen LogP contribution in [0.3, 0.4) is 0 Å². The Bertz CT molecular complexity index is 441. The predicted octanol–water partition coefficient (Wildman–Crippen LogP) is 4.36. The van der Waals surface area contributed by atoms with Gasteiger partial charge in [-0.1, -0.05) is 42.1 Å². The molecule has 2 rings (SSSR count). The maximum Gasteiger partial charge on any atom is 0.223 e. The van der Waals surface area contributed by atoms with Crippen molar-refractivity contribution in [3.05, 3.63) is 33.8 Å². The zero-order chi connectivity index (χ0) is 13.1. The Labute approximate surface area is 118 Å². The summed E-state index contributed by atoms with van der Waals surface area (Å²) < 4.78 is 0. The lowest BCUT2D eigenvalue weighted by molar-refractivity contribution is -0.125. The van der Waals surface area contributed by atoms with Crippen molar-refractivity contribution in [2.24, 2.45) is 5.92 Å². The van der Waals surface area contributed by atoms with Crippen molar-refractivity contribution < 1.29 is 4.79 Å². The average molecular weight is 286 g/mol. The molecule has 1 aromatic rings. The average Bonchev–Trinajstić information content (AvgIpc) is 2.86. The van der Waals surface area contributed by atoms with Crippen LogP contribution in [0.4, 0.5) is 0 Å². The molecule has 0 aromatic heterocycles. The number of carbonyl (C=O) groups excluding carboxylic acids is 1. The molecule has 0 heterocycles. The van der Waals surface area contributed by atoms with Gasteiger partial charge in [-0.2, -0.15) is 0 Å². The molecule has 98 valence electrons. The van der Waals surface area contributed by atoms with Crippen LogP contribution in [-0.2, 0) is 4.79 Å². The van der Waals surface area contributed by atoms with Gasteiger partial charge in [0.25, 0.3) is 0 Å². The van der Waals surface area contributed by atoms with Gasteiger partial charge in [0.2, 0.25) is 5.91 Å². The molecule has 0 aliphatic heterocycles. The van der Waals surface area contributed by atoms with E-state index in [2.05, 4.69) is 5.32 Å². The number of halogens is 2. The van der Waals surface area contributed by atoms with Crippen molar-refractivity contribution in [1.82, 2.24) is 5.32 Å². The van der Waals surface area contributed by atoms with Crippen molar-refractivity contribution in [3.8, 4) is 0 Å². The van der Waals surface area contributed by atoms with Gasteiger partial charge in [-0.25, -0.2) is 0 Å². The quantitative estimate of drug-likeness (QED) is 0.878. The molecule has 18 heavy (non-hydrogen) atoms. The second-order valence-corrected chi connectivity index (χ2v) is 5.70. The smallest absolute Gasteiger partial charge is 0.223 e. The molecule has 1 aliphatic rings. The second-order valence-electron chi connectivity index (χ2n) is 4.89. The summed E-state index contributed by atoms with van der Waals surface area (Å²) in [6.07, 6.45) is 4.36. The first kappa shape index (κ1) is 13.7. The zero-order valence-corrected chi connectivity index (χ0v) is 11.9. The summed E-state index contributed by atoms with van der Waals surface area (Å²) in [5.74, 6) is 0.348. The molecule has 4 heteroatoms. The van der Waals surface area contributed by atoms with E-state index in [0.717, 1.165) is 18.4 Å². The minimum absolute atomic E-state index is 0.0344. The molecule has 1 aromatic carbocycles. The summed E-state index contributed by atoms with van der Waals surface area (Å²) in [7, 11) is 0. The molecule has 1 atom stereocenters. The third-order valence-corrected chi connectivity index (χ3v) is 4.27. The maximum absolute atomic E-state index is 12.0. The van der Waals surface area contributed by atoms with Gasteiger partial charge in [0, 0.05) is 5.92 Å². The third kappa shape index (κ3) is 3.18. The third-order valence-electron chi connectivity index (χ3n) is 3.53. The summed E-state index contributed by atoms with van der Waals surface area (Å²) in [6.45, 7) is 1.96. The maximum atomic E-state index is 12.0. The van der Waals surface area contributed by atoms with Crippen LogP contribution >= 0.6 is 23.2 Å². The molecular formula is C14H17Cl2NO. The van der Waals surface area contributed by atoms with Crippen LogP contribution in [0.15, 0.2) is 18.2 Å². The van der Waals surface area contributed by atoms with E-state index in [4.69, 9.17) is 23.2 Å². The summed E-state index contributed by atoms with van der Waals surface area (Å²) in [5.41, 5.74) is 0.982. The van der Waals surface area contributed by atoms with Gasteiger partial charge in [0.15, 0.2) is 0 Å². The van der Waals surface area contributed by atoms with Crippen LogP contribution in [0.2, 0.25) is 10.0 Å².